The molecular weight excluding hydrogens is 442 g/mol. The van der Waals surface area contributed by atoms with Gasteiger partial charge in [0.2, 0.25) is 5.91 Å². The first kappa shape index (κ1) is 22.6. The summed E-state index contributed by atoms with van der Waals surface area (Å²) >= 11 is 0. The summed E-state index contributed by atoms with van der Waals surface area (Å²) in [7, 11) is 1.57. The summed E-state index contributed by atoms with van der Waals surface area (Å²) < 4.78 is 17.5. The normalized spacial score (nSPS) is 10.7. The van der Waals surface area contributed by atoms with Crippen LogP contribution in [0, 0.1) is 10.1 Å². The molecule has 0 bridgehead atoms. The Morgan fingerprint density at radius 1 is 1.09 bits per heavy atom. The number of ether oxygens (including phenoxy) is 2. The first-order chi connectivity index (χ1) is 16.4. The molecule has 4 aromatic rings. The highest BCUT2D eigenvalue weighted by atomic mass is 16.6. The second-order valence-electron chi connectivity index (χ2n) is 7.36. The van der Waals surface area contributed by atoms with Gasteiger partial charge in [0.05, 0.1) is 23.6 Å². The van der Waals surface area contributed by atoms with Crippen LogP contribution in [0.15, 0.2) is 75.9 Å². The number of hydrogen-bond donors (Lipinski definition) is 1. The van der Waals surface area contributed by atoms with Crippen LogP contribution < -0.4 is 20.5 Å². The number of carbonyl (C=O) groups excluding carboxylic acids is 1. The maximum atomic E-state index is 12.3. The van der Waals surface area contributed by atoms with Gasteiger partial charge in [0.15, 0.2) is 17.1 Å². The third-order valence-corrected chi connectivity index (χ3v) is 5.08. The Kier molecular flexibility index (Phi) is 6.58. The number of aromatic nitrogens is 1. The van der Waals surface area contributed by atoms with Gasteiger partial charge in [0.25, 0.3) is 5.69 Å². The van der Waals surface area contributed by atoms with E-state index in [2.05, 4.69) is 5.32 Å². The van der Waals surface area contributed by atoms with Crippen LogP contribution in [0.25, 0.3) is 11.1 Å². The van der Waals surface area contributed by atoms with E-state index < -0.39 is 10.7 Å². The van der Waals surface area contributed by atoms with Crippen LogP contribution >= 0.6 is 0 Å². The molecule has 0 aliphatic rings. The summed E-state index contributed by atoms with van der Waals surface area (Å²) in [6.07, 6.45) is 0.553. The fourth-order valence-electron chi connectivity index (χ4n) is 3.44. The standard InChI is InChI=1S/C24H21N3O7/c1-32-20-5-2-3-6-21(20)33-18-11-8-16(9-12-18)25-23(28)7-4-14-26-19-13-10-17(27(30)31)15-22(19)34-24(26)29/h2-3,5-6,8-13,15H,4,7,14H2,1H3,(H,25,28). The van der Waals surface area contributed by atoms with Gasteiger partial charge < -0.3 is 19.2 Å². The molecule has 1 amide bonds. The lowest BCUT2D eigenvalue weighted by molar-refractivity contribution is -0.384. The van der Waals surface area contributed by atoms with E-state index >= 15 is 0 Å². The zero-order valence-electron chi connectivity index (χ0n) is 18.2. The average Bonchev–Trinajstić information content (AvgIpc) is 3.15. The molecule has 0 saturated carbocycles. The number of nitro groups is 1. The second kappa shape index (κ2) is 9.90. The lowest BCUT2D eigenvalue weighted by atomic mass is 10.2. The van der Waals surface area contributed by atoms with Crippen molar-refractivity contribution < 1.29 is 23.6 Å². The minimum absolute atomic E-state index is 0.138. The van der Waals surface area contributed by atoms with Gasteiger partial charge in [-0.15, -0.1) is 0 Å². The number of nitro benzene ring substituents is 1. The Morgan fingerprint density at radius 3 is 2.53 bits per heavy atom. The third kappa shape index (κ3) is 5.07. The Labute approximate surface area is 193 Å². The van der Waals surface area contributed by atoms with Gasteiger partial charge in [-0.3, -0.25) is 19.5 Å². The first-order valence-corrected chi connectivity index (χ1v) is 10.4. The van der Waals surface area contributed by atoms with Crippen molar-refractivity contribution in [3.8, 4) is 17.2 Å². The zero-order valence-corrected chi connectivity index (χ0v) is 18.2. The van der Waals surface area contributed by atoms with Crippen LogP contribution in [-0.4, -0.2) is 22.5 Å². The van der Waals surface area contributed by atoms with Crippen LogP contribution in [-0.2, 0) is 11.3 Å². The molecule has 0 fully saturated rings. The van der Waals surface area contributed by atoms with Crippen molar-refractivity contribution in [1.29, 1.82) is 0 Å². The largest absolute Gasteiger partial charge is 0.493 e. The predicted octanol–water partition coefficient (Wildman–Crippen LogP) is 4.72. The summed E-state index contributed by atoms with van der Waals surface area (Å²) in [5, 5.41) is 13.7. The molecular formula is C24H21N3O7. The van der Waals surface area contributed by atoms with Crippen molar-refractivity contribution in [1.82, 2.24) is 4.57 Å². The number of nitrogens with zero attached hydrogens (tertiary/aromatic N) is 2. The summed E-state index contributed by atoms with van der Waals surface area (Å²) in [6, 6.07) is 18.2. The molecule has 0 atom stereocenters. The topological polar surface area (TPSA) is 126 Å². The van der Waals surface area contributed by atoms with E-state index in [9.17, 15) is 19.7 Å². The molecule has 1 N–H and O–H groups in total. The summed E-state index contributed by atoms with van der Waals surface area (Å²) in [5.41, 5.74) is 1.03. The van der Waals surface area contributed by atoms with Crippen molar-refractivity contribution in [2.75, 3.05) is 12.4 Å². The van der Waals surface area contributed by atoms with Crippen molar-refractivity contribution in [2.24, 2.45) is 0 Å². The number of benzene rings is 3. The maximum absolute atomic E-state index is 12.3. The van der Waals surface area contributed by atoms with Crippen LogP contribution in [0.1, 0.15) is 12.8 Å². The Morgan fingerprint density at radius 2 is 1.82 bits per heavy atom. The Balaban J connectivity index is 1.32. The lowest BCUT2D eigenvalue weighted by Crippen LogP contribution is -2.17. The van der Waals surface area contributed by atoms with Crippen LogP contribution in [0.4, 0.5) is 11.4 Å². The van der Waals surface area contributed by atoms with Gasteiger partial charge in [-0.2, -0.15) is 0 Å². The van der Waals surface area contributed by atoms with Gasteiger partial charge in [0, 0.05) is 24.7 Å². The highest BCUT2D eigenvalue weighted by Gasteiger charge is 2.14. The van der Waals surface area contributed by atoms with E-state index in [4.69, 9.17) is 13.9 Å². The highest BCUT2D eigenvalue weighted by Crippen LogP contribution is 2.31. The second-order valence-corrected chi connectivity index (χ2v) is 7.36. The summed E-state index contributed by atoms with van der Waals surface area (Å²) in [5.74, 6) is 0.950. The molecule has 0 radical (unpaired) electrons. The molecule has 0 aliphatic carbocycles. The Bertz CT molecular complexity index is 1390. The lowest BCUT2D eigenvalue weighted by Gasteiger charge is -2.11. The number of carbonyl (C=O) groups is 1. The third-order valence-electron chi connectivity index (χ3n) is 5.08. The van der Waals surface area contributed by atoms with Crippen LogP contribution in [0.3, 0.4) is 0 Å². The molecule has 0 saturated heterocycles. The van der Waals surface area contributed by atoms with E-state index in [0.29, 0.717) is 34.9 Å². The fraction of sp³-hybridized carbons (Fsp3) is 0.167. The van der Waals surface area contributed by atoms with Crippen molar-refractivity contribution in [2.45, 2.75) is 19.4 Å². The quantitative estimate of drug-likeness (QED) is 0.281. The van der Waals surface area contributed by atoms with E-state index in [1.165, 1.54) is 22.8 Å². The first-order valence-electron chi connectivity index (χ1n) is 10.4. The predicted molar refractivity (Wildman–Crippen MR) is 125 cm³/mol. The zero-order chi connectivity index (χ0) is 24.1. The summed E-state index contributed by atoms with van der Waals surface area (Å²) in [6.45, 7) is 0.239. The van der Waals surface area contributed by atoms with E-state index in [1.54, 1.807) is 43.5 Å². The minimum Gasteiger partial charge on any atom is -0.493 e. The van der Waals surface area contributed by atoms with Crippen LogP contribution in [0.5, 0.6) is 17.2 Å². The van der Waals surface area contributed by atoms with E-state index in [0.717, 1.165) is 0 Å². The molecule has 4 rings (SSSR count). The number of rotatable bonds is 9. The van der Waals surface area contributed by atoms with Crippen molar-refractivity contribution in [3.63, 3.8) is 0 Å². The van der Waals surface area contributed by atoms with Gasteiger partial charge in [-0.1, -0.05) is 12.1 Å². The number of anilines is 1. The molecule has 1 aromatic heterocycles. The van der Waals surface area contributed by atoms with Gasteiger partial charge in [-0.05, 0) is 48.9 Å². The SMILES string of the molecule is COc1ccccc1Oc1ccc(NC(=O)CCCn2c(=O)oc3cc([N+](=O)[O-])ccc32)cc1. The van der Waals surface area contributed by atoms with Crippen molar-refractivity contribution >= 4 is 28.4 Å². The number of non-ortho nitro benzene ring substituents is 1. The maximum Gasteiger partial charge on any atom is 0.419 e. The molecule has 10 nitrogen and oxygen atoms in total. The highest BCUT2D eigenvalue weighted by molar-refractivity contribution is 5.90. The number of hydrogen-bond acceptors (Lipinski definition) is 7. The number of nitrogens with one attached hydrogen (secondary N) is 1. The van der Waals surface area contributed by atoms with Crippen LogP contribution in [0.2, 0.25) is 0 Å². The number of oxazole rings is 1. The molecule has 10 heteroatoms. The molecule has 0 aliphatic heterocycles. The molecule has 34 heavy (non-hydrogen) atoms. The number of aryl methyl sites for hydroxylation is 1. The van der Waals surface area contributed by atoms with Crippen molar-refractivity contribution in [3.05, 3.63) is 87.4 Å². The fourth-order valence-corrected chi connectivity index (χ4v) is 3.44. The number of fused-ring (bicyclic) bond motifs is 1. The number of amides is 1. The smallest absolute Gasteiger partial charge is 0.419 e. The average molecular weight is 463 g/mol. The minimum atomic E-state index is -0.624. The van der Waals surface area contributed by atoms with Gasteiger partial charge >= 0.3 is 5.76 Å². The van der Waals surface area contributed by atoms with E-state index in [-0.39, 0.29) is 30.1 Å². The number of para-hydroxylation sites is 2. The number of methoxy groups -OCH3 is 1. The monoisotopic (exact) mass is 463 g/mol. The summed E-state index contributed by atoms with van der Waals surface area (Å²) in [4.78, 5) is 34.7. The van der Waals surface area contributed by atoms with Gasteiger partial charge in [-0.25, -0.2) is 4.79 Å². The van der Waals surface area contributed by atoms with Gasteiger partial charge in [0.1, 0.15) is 5.75 Å². The van der Waals surface area contributed by atoms with E-state index in [1.807, 2.05) is 12.1 Å². The molecule has 174 valence electrons. The molecule has 0 spiro atoms. The Hall–Kier alpha value is -4.60. The molecule has 3 aromatic carbocycles. The molecule has 1 heterocycles. The molecule has 0 unspecified atom stereocenters.